The molecule has 2 aliphatic heterocycles. The molecule has 1 aromatic rings. The minimum absolute atomic E-state index is 0.0439. The van der Waals surface area contributed by atoms with E-state index in [1.807, 2.05) is 13.0 Å². The van der Waals surface area contributed by atoms with Crippen LogP contribution in [0.4, 0.5) is 0 Å². The number of carbonyl (C=O) groups is 1. The summed E-state index contributed by atoms with van der Waals surface area (Å²) in [7, 11) is -2.31. The topological polar surface area (TPSA) is 106 Å². The van der Waals surface area contributed by atoms with E-state index in [-0.39, 0.29) is 43.0 Å². The molecular weight excluding hydrogens is 436 g/mol. The van der Waals surface area contributed by atoms with Gasteiger partial charge in [0.15, 0.2) is 5.76 Å². The minimum atomic E-state index is -3.81. The minimum Gasteiger partial charge on any atom is -0.497 e. The molecule has 9 nitrogen and oxygen atoms in total. The fourth-order valence-corrected chi connectivity index (χ4v) is 5.22. The monoisotopic (exact) mass is 468 g/mol. The van der Waals surface area contributed by atoms with Crippen molar-refractivity contribution < 1.29 is 32.5 Å². The zero-order valence-corrected chi connectivity index (χ0v) is 19.4. The Hall–Kier alpha value is -2.14. The zero-order valence-electron chi connectivity index (χ0n) is 18.6. The molecule has 3 rings (SSSR count). The molecule has 2 heterocycles. The summed E-state index contributed by atoms with van der Waals surface area (Å²) in [5, 5.41) is 9.37. The summed E-state index contributed by atoms with van der Waals surface area (Å²) in [4.78, 5) is 14.5. The number of methoxy groups -OCH3 is 1. The van der Waals surface area contributed by atoms with Crippen molar-refractivity contribution in [3.8, 4) is 5.75 Å². The van der Waals surface area contributed by atoms with E-state index in [9.17, 15) is 18.3 Å². The van der Waals surface area contributed by atoms with Crippen molar-refractivity contribution in [3.05, 3.63) is 36.1 Å². The van der Waals surface area contributed by atoms with Crippen LogP contribution in [0.2, 0.25) is 0 Å². The molecule has 0 unspecified atom stereocenters. The standard InChI is InChI=1S/C22H32N2O7S/c1-17-15-20(22(26)23-9-3-4-10-23)31-21(16-17)30-14-12-24(11-13-25)32(27,28)19-7-5-18(29-2)6-8-19/h5-8,15,17,21,25H,3-4,9-14,16H2,1-2H3/t17-,21+/m0/s1. The van der Waals surface area contributed by atoms with Gasteiger partial charge in [-0.25, -0.2) is 8.42 Å². The Morgan fingerprint density at radius 3 is 2.53 bits per heavy atom. The molecule has 2 aliphatic rings. The summed E-state index contributed by atoms with van der Waals surface area (Å²) < 4.78 is 43.8. The van der Waals surface area contributed by atoms with Crippen LogP contribution in [0.3, 0.4) is 0 Å². The Labute approximate surface area is 189 Å². The van der Waals surface area contributed by atoms with Gasteiger partial charge in [-0.15, -0.1) is 0 Å². The third-order valence-electron chi connectivity index (χ3n) is 5.55. The van der Waals surface area contributed by atoms with Crippen molar-refractivity contribution in [2.24, 2.45) is 5.92 Å². The molecule has 178 valence electrons. The number of carbonyl (C=O) groups excluding carboxylic acids is 1. The maximum absolute atomic E-state index is 13.0. The lowest BCUT2D eigenvalue weighted by molar-refractivity contribution is -0.154. The molecule has 32 heavy (non-hydrogen) atoms. The fourth-order valence-electron chi connectivity index (χ4n) is 3.81. The van der Waals surface area contributed by atoms with Gasteiger partial charge in [-0.05, 0) is 49.1 Å². The summed E-state index contributed by atoms with van der Waals surface area (Å²) >= 11 is 0. The Morgan fingerprint density at radius 1 is 1.22 bits per heavy atom. The van der Waals surface area contributed by atoms with E-state index in [1.165, 1.54) is 23.5 Å². The molecule has 0 bridgehead atoms. The lowest BCUT2D eigenvalue weighted by atomic mass is 10.0. The summed E-state index contributed by atoms with van der Waals surface area (Å²) in [5.41, 5.74) is 0. The molecule has 0 radical (unpaired) electrons. The first-order chi connectivity index (χ1) is 15.3. The molecule has 0 spiro atoms. The van der Waals surface area contributed by atoms with Gasteiger partial charge in [0.2, 0.25) is 16.3 Å². The van der Waals surface area contributed by atoms with Gasteiger partial charge >= 0.3 is 0 Å². The number of rotatable bonds is 10. The molecule has 1 fully saturated rings. The molecular formula is C22H32N2O7S. The molecule has 0 aliphatic carbocycles. The van der Waals surface area contributed by atoms with E-state index in [2.05, 4.69) is 0 Å². The van der Waals surface area contributed by atoms with Gasteiger partial charge < -0.3 is 24.2 Å². The SMILES string of the molecule is COc1ccc(S(=O)(=O)N(CCO)CCO[C@H]2C[C@@H](C)C=C(C(=O)N3CCCC3)O2)cc1. The predicted octanol–water partition coefficient (Wildman–Crippen LogP) is 1.58. The highest BCUT2D eigenvalue weighted by Gasteiger charge is 2.30. The quantitative estimate of drug-likeness (QED) is 0.556. The van der Waals surface area contributed by atoms with Crippen LogP contribution < -0.4 is 4.74 Å². The van der Waals surface area contributed by atoms with Crippen molar-refractivity contribution in [1.82, 2.24) is 9.21 Å². The second-order valence-electron chi connectivity index (χ2n) is 7.96. The van der Waals surface area contributed by atoms with Crippen LogP contribution in [0.1, 0.15) is 26.2 Å². The van der Waals surface area contributed by atoms with Crippen molar-refractivity contribution >= 4 is 15.9 Å². The molecule has 1 saturated heterocycles. The maximum atomic E-state index is 13.0. The van der Waals surface area contributed by atoms with E-state index >= 15 is 0 Å². The third-order valence-corrected chi connectivity index (χ3v) is 7.47. The molecule has 1 N–H and O–H groups in total. The van der Waals surface area contributed by atoms with Crippen molar-refractivity contribution in [2.75, 3.05) is 46.5 Å². The summed E-state index contributed by atoms with van der Waals surface area (Å²) in [5.74, 6) is 0.837. The lowest BCUT2D eigenvalue weighted by Crippen LogP contribution is -2.38. The van der Waals surface area contributed by atoms with Gasteiger partial charge in [-0.1, -0.05) is 6.92 Å². The first-order valence-electron chi connectivity index (χ1n) is 10.9. The number of hydrogen-bond donors (Lipinski definition) is 1. The van der Waals surface area contributed by atoms with Crippen LogP contribution in [0.15, 0.2) is 41.0 Å². The van der Waals surface area contributed by atoms with Crippen LogP contribution in [-0.4, -0.2) is 81.4 Å². The average molecular weight is 469 g/mol. The molecule has 0 aromatic heterocycles. The number of hydrogen-bond acceptors (Lipinski definition) is 7. The van der Waals surface area contributed by atoms with E-state index in [1.54, 1.807) is 17.0 Å². The number of aliphatic hydroxyl groups is 1. The second kappa shape index (κ2) is 11.1. The van der Waals surface area contributed by atoms with E-state index in [0.29, 0.717) is 17.9 Å². The molecule has 1 amide bonds. The smallest absolute Gasteiger partial charge is 0.288 e. The van der Waals surface area contributed by atoms with Crippen molar-refractivity contribution in [1.29, 1.82) is 0 Å². The number of likely N-dealkylation sites (tertiary alicyclic amines) is 1. The predicted molar refractivity (Wildman–Crippen MR) is 117 cm³/mol. The van der Waals surface area contributed by atoms with Gasteiger partial charge in [0.25, 0.3) is 5.91 Å². The van der Waals surface area contributed by atoms with Crippen molar-refractivity contribution in [3.63, 3.8) is 0 Å². The Morgan fingerprint density at radius 2 is 1.91 bits per heavy atom. The molecule has 2 atom stereocenters. The summed E-state index contributed by atoms with van der Waals surface area (Å²) in [6.45, 7) is 3.20. The largest absolute Gasteiger partial charge is 0.497 e. The molecule has 10 heteroatoms. The zero-order chi connectivity index (χ0) is 23.1. The normalized spacial score (nSPS) is 21.4. The summed E-state index contributed by atoms with van der Waals surface area (Å²) in [6.07, 6.45) is 3.76. The summed E-state index contributed by atoms with van der Waals surface area (Å²) in [6, 6.07) is 6.07. The third kappa shape index (κ3) is 6.00. The number of benzene rings is 1. The number of ether oxygens (including phenoxy) is 3. The van der Waals surface area contributed by atoms with Crippen LogP contribution in [0, 0.1) is 5.92 Å². The lowest BCUT2D eigenvalue weighted by Gasteiger charge is -2.30. The van der Waals surface area contributed by atoms with Crippen molar-refractivity contribution in [2.45, 2.75) is 37.4 Å². The number of allylic oxidation sites excluding steroid dienone is 1. The van der Waals surface area contributed by atoms with Gasteiger partial charge in [-0.2, -0.15) is 4.31 Å². The van der Waals surface area contributed by atoms with E-state index in [4.69, 9.17) is 14.2 Å². The first kappa shape index (κ1) is 24.5. The highest BCUT2D eigenvalue weighted by atomic mass is 32.2. The number of nitrogens with zero attached hydrogens (tertiary/aromatic N) is 2. The van der Waals surface area contributed by atoms with Gasteiger partial charge in [0.05, 0.1) is 25.2 Å². The van der Waals surface area contributed by atoms with E-state index < -0.39 is 16.3 Å². The van der Waals surface area contributed by atoms with E-state index in [0.717, 1.165) is 25.9 Å². The fraction of sp³-hybridized carbons (Fsp3) is 0.591. The molecule has 0 saturated carbocycles. The average Bonchev–Trinajstić information content (AvgIpc) is 3.32. The maximum Gasteiger partial charge on any atom is 0.288 e. The van der Waals surface area contributed by atoms with Gasteiger partial charge in [0.1, 0.15) is 5.75 Å². The van der Waals surface area contributed by atoms with Gasteiger partial charge in [0, 0.05) is 32.6 Å². The second-order valence-corrected chi connectivity index (χ2v) is 9.90. The van der Waals surface area contributed by atoms with Gasteiger partial charge in [-0.3, -0.25) is 4.79 Å². The Bertz CT molecular complexity index is 895. The van der Waals surface area contributed by atoms with Crippen LogP contribution >= 0.6 is 0 Å². The molecule has 1 aromatic carbocycles. The number of aliphatic hydroxyl groups excluding tert-OH is 1. The number of amides is 1. The van der Waals surface area contributed by atoms with Crippen LogP contribution in [0.25, 0.3) is 0 Å². The Balaban J connectivity index is 1.58. The first-order valence-corrected chi connectivity index (χ1v) is 12.3. The van der Waals surface area contributed by atoms with Crippen LogP contribution in [-0.2, 0) is 24.3 Å². The number of sulfonamides is 1. The highest BCUT2D eigenvalue weighted by Crippen LogP contribution is 2.25. The van der Waals surface area contributed by atoms with Crippen LogP contribution in [0.5, 0.6) is 5.75 Å². The Kier molecular flexibility index (Phi) is 8.52. The highest BCUT2D eigenvalue weighted by molar-refractivity contribution is 7.89.